The molecule has 0 radical (unpaired) electrons. The van der Waals surface area contributed by atoms with Crippen molar-refractivity contribution in [3.63, 3.8) is 0 Å². The third-order valence-corrected chi connectivity index (χ3v) is 3.92. The summed E-state index contributed by atoms with van der Waals surface area (Å²) in [4.78, 5) is 25.6. The summed E-state index contributed by atoms with van der Waals surface area (Å²) in [6.45, 7) is 5.19. The van der Waals surface area contributed by atoms with Gasteiger partial charge in [-0.2, -0.15) is 0 Å². The van der Waals surface area contributed by atoms with Crippen LogP contribution in [-0.2, 0) is 9.59 Å². The Morgan fingerprint density at radius 1 is 1.43 bits per heavy atom. The Hall–Kier alpha value is -2.02. The van der Waals surface area contributed by atoms with Crippen molar-refractivity contribution in [2.45, 2.75) is 32.4 Å². The van der Waals surface area contributed by atoms with E-state index < -0.39 is 17.7 Å². The summed E-state index contributed by atoms with van der Waals surface area (Å²) in [5.74, 6) is -2.01. The minimum atomic E-state index is -0.817. The highest BCUT2D eigenvalue weighted by Gasteiger charge is 2.27. The van der Waals surface area contributed by atoms with Crippen molar-refractivity contribution in [3.8, 4) is 0 Å². The lowest BCUT2D eigenvalue weighted by Gasteiger charge is -2.35. The standard InChI is InChI=1S/C16H21F2N3O2/c1-10-9-19-5-6-21(10)16(23)8-15(20-11(2)22)13-4-3-12(17)7-14(13)18/h3-4,7,10,15,19H,5-6,8-9H2,1-2H3,(H,20,22). The minimum Gasteiger partial charge on any atom is -0.349 e. The molecule has 0 spiro atoms. The molecule has 5 nitrogen and oxygen atoms in total. The Kier molecular flexibility index (Phi) is 5.65. The topological polar surface area (TPSA) is 61.4 Å². The molecule has 2 unspecified atom stereocenters. The van der Waals surface area contributed by atoms with Crippen molar-refractivity contribution in [1.29, 1.82) is 0 Å². The molecule has 0 bridgehead atoms. The van der Waals surface area contributed by atoms with Gasteiger partial charge >= 0.3 is 0 Å². The first-order valence-electron chi connectivity index (χ1n) is 7.60. The molecule has 2 N–H and O–H groups in total. The zero-order valence-electron chi connectivity index (χ0n) is 13.2. The summed E-state index contributed by atoms with van der Waals surface area (Å²) in [5, 5.41) is 5.76. The van der Waals surface area contributed by atoms with Crippen LogP contribution in [0.25, 0.3) is 0 Å². The maximum atomic E-state index is 14.0. The molecule has 7 heteroatoms. The van der Waals surface area contributed by atoms with Gasteiger partial charge in [0, 0.05) is 44.2 Å². The van der Waals surface area contributed by atoms with E-state index in [0.29, 0.717) is 19.6 Å². The van der Waals surface area contributed by atoms with Gasteiger partial charge in [0.25, 0.3) is 0 Å². The quantitative estimate of drug-likeness (QED) is 0.878. The Labute approximate surface area is 134 Å². The summed E-state index contributed by atoms with van der Waals surface area (Å²) in [7, 11) is 0. The smallest absolute Gasteiger partial charge is 0.225 e. The Balaban J connectivity index is 2.18. The number of halogens is 2. The molecule has 0 aliphatic carbocycles. The fourth-order valence-corrected chi connectivity index (χ4v) is 2.77. The second kappa shape index (κ2) is 7.50. The second-order valence-electron chi connectivity index (χ2n) is 5.76. The van der Waals surface area contributed by atoms with Crippen molar-refractivity contribution in [2.24, 2.45) is 0 Å². The van der Waals surface area contributed by atoms with Gasteiger partial charge < -0.3 is 15.5 Å². The number of amides is 2. The second-order valence-corrected chi connectivity index (χ2v) is 5.76. The molecule has 2 rings (SSSR count). The molecule has 1 aliphatic rings. The highest BCUT2D eigenvalue weighted by molar-refractivity contribution is 5.79. The van der Waals surface area contributed by atoms with E-state index in [1.165, 1.54) is 13.0 Å². The number of piperazine rings is 1. The molecule has 1 aromatic rings. The Bertz CT molecular complexity index is 595. The number of carbonyl (C=O) groups is 2. The van der Waals surface area contributed by atoms with Crippen LogP contribution in [0.4, 0.5) is 8.78 Å². The molecule has 1 saturated heterocycles. The van der Waals surface area contributed by atoms with Crippen LogP contribution in [-0.4, -0.2) is 42.4 Å². The van der Waals surface area contributed by atoms with Crippen LogP contribution in [0.3, 0.4) is 0 Å². The van der Waals surface area contributed by atoms with Gasteiger partial charge in [0.05, 0.1) is 12.5 Å². The van der Waals surface area contributed by atoms with Crippen molar-refractivity contribution < 1.29 is 18.4 Å². The first kappa shape index (κ1) is 17.3. The van der Waals surface area contributed by atoms with Crippen molar-refractivity contribution in [2.75, 3.05) is 19.6 Å². The normalized spacial score (nSPS) is 19.3. The molecular formula is C16H21F2N3O2. The maximum Gasteiger partial charge on any atom is 0.225 e. The predicted molar refractivity (Wildman–Crippen MR) is 81.6 cm³/mol. The van der Waals surface area contributed by atoms with E-state index in [9.17, 15) is 18.4 Å². The highest BCUT2D eigenvalue weighted by Crippen LogP contribution is 2.23. The number of hydrogen-bond acceptors (Lipinski definition) is 3. The van der Waals surface area contributed by atoms with E-state index in [4.69, 9.17) is 0 Å². The number of nitrogens with one attached hydrogen (secondary N) is 2. The molecule has 1 aromatic carbocycles. The van der Waals surface area contributed by atoms with Crippen molar-refractivity contribution in [1.82, 2.24) is 15.5 Å². The maximum absolute atomic E-state index is 14.0. The highest BCUT2D eigenvalue weighted by atomic mass is 19.1. The van der Waals surface area contributed by atoms with E-state index in [1.807, 2.05) is 6.92 Å². The zero-order chi connectivity index (χ0) is 17.0. The SMILES string of the molecule is CC(=O)NC(CC(=O)N1CCNCC1C)c1ccc(F)cc1F. The summed E-state index contributed by atoms with van der Waals surface area (Å²) in [5.41, 5.74) is 0.109. The van der Waals surface area contributed by atoms with Crippen molar-refractivity contribution >= 4 is 11.8 Å². The molecule has 126 valence electrons. The average molecular weight is 325 g/mol. The van der Waals surface area contributed by atoms with Crippen molar-refractivity contribution in [3.05, 3.63) is 35.4 Å². The molecule has 0 aromatic heterocycles. The number of carbonyl (C=O) groups excluding carboxylic acids is 2. The fourth-order valence-electron chi connectivity index (χ4n) is 2.77. The Morgan fingerprint density at radius 2 is 2.17 bits per heavy atom. The number of rotatable bonds is 4. The van der Waals surface area contributed by atoms with Gasteiger partial charge in [0.2, 0.25) is 11.8 Å². The molecule has 1 heterocycles. The zero-order valence-corrected chi connectivity index (χ0v) is 13.2. The number of hydrogen-bond donors (Lipinski definition) is 2. The fraction of sp³-hybridized carbons (Fsp3) is 0.500. The van der Waals surface area contributed by atoms with Gasteiger partial charge in [-0.25, -0.2) is 8.78 Å². The number of nitrogens with zero attached hydrogens (tertiary/aromatic N) is 1. The van der Waals surface area contributed by atoms with Gasteiger partial charge in [-0.15, -0.1) is 0 Å². The van der Waals surface area contributed by atoms with Gasteiger partial charge in [-0.3, -0.25) is 9.59 Å². The largest absolute Gasteiger partial charge is 0.349 e. The summed E-state index contributed by atoms with van der Waals surface area (Å²) < 4.78 is 27.1. The van der Waals surface area contributed by atoms with Crippen LogP contribution in [0, 0.1) is 11.6 Å². The van der Waals surface area contributed by atoms with Crippen LogP contribution < -0.4 is 10.6 Å². The summed E-state index contributed by atoms with van der Waals surface area (Å²) in [6.07, 6.45) is -0.0630. The molecule has 23 heavy (non-hydrogen) atoms. The van der Waals surface area contributed by atoms with Gasteiger partial charge in [0.1, 0.15) is 11.6 Å². The van der Waals surface area contributed by atoms with Crippen LogP contribution in [0.2, 0.25) is 0 Å². The summed E-state index contributed by atoms with van der Waals surface area (Å²) in [6, 6.07) is 2.35. The van der Waals surface area contributed by atoms with E-state index >= 15 is 0 Å². The third-order valence-electron chi connectivity index (χ3n) is 3.92. The minimum absolute atomic E-state index is 0.0345. The molecular weight excluding hydrogens is 304 g/mol. The van der Waals surface area contributed by atoms with Gasteiger partial charge in [-0.05, 0) is 13.0 Å². The van der Waals surface area contributed by atoms with Gasteiger partial charge in [0.15, 0.2) is 0 Å². The van der Waals surface area contributed by atoms with E-state index in [2.05, 4.69) is 10.6 Å². The molecule has 0 saturated carbocycles. The monoisotopic (exact) mass is 325 g/mol. The lowest BCUT2D eigenvalue weighted by molar-refractivity contribution is -0.134. The molecule has 1 fully saturated rings. The average Bonchev–Trinajstić information content (AvgIpc) is 2.46. The van der Waals surface area contributed by atoms with Crippen LogP contribution in [0.1, 0.15) is 31.9 Å². The van der Waals surface area contributed by atoms with E-state index in [1.54, 1.807) is 4.90 Å². The number of benzene rings is 1. The van der Waals surface area contributed by atoms with Gasteiger partial charge in [-0.1, -0.05) is 6.07 Å². The van der Waals surface area contributed by atoms with Crippen LogP contribution in [0.5, 0.6) is 0 Å². The van der Waals surface area contributed by atoms with Crippen LogP contribution in [0.15, 0.2) is 18.2 Å². The lowest BCUT2D eigenvalue weighted by Crippen LogP contribution is -2.52. The lowest BCUT2D eigenvalue weighted by atomic mass is 10.0. The van der Waals surface area contributed by atoms with E-state index in [0.717, 1.165) is 12.1 Å². The molecule has 1 aliphatic heterocycles. The first-order chi connectivity index (χ1) is 10.9. The van der Waals surface area contributed by atoms with E-state index in [-0.39, 0.29) is 29.8 Å². The molecule has 2 amide bonds. The summed E-state index contributed by atoms with van der Waals surface area (Å²) >= 11 is 0. The Morgan fingerprint density at radius 3 is 2.78 bits per heavy atom. The first-order valence-corrected chi connectivity index (χ1v) is 7.60. The molecule has 2 atom stereocenters. The third kappa shape index (κ3) is 4.48. The predicted octanol–water partition coefficient (Wildman–Crippen LogP) is 1.35. The van der Waals surface area contributed by atoms with Crippen LogP contribution >= 0.6 is 0 Å².